The summed E-state index contributed by atoms with van der Waals surface area (Å²) in [6.45, 7) is 2.08. The number of ether oxygens (including phenoxy) is 1. The van der Waals surface area contributed by atoms with Crippen molar-refractivity contribution in [3.63, 3.8) is 0 Å². The van der Waals surface area contributed by atoms with Gasteiger partial charge in [-0.05, 0) is 49.8 Å². The van der Waals surface area contributed by atoms with Gasteiger partial charge in [-0.3, -0.25) is 4.79 Å². The number of hydrogen-bond donors (Lipinski definition) is 1. The first-order chi connectivity index (χ1) is 15.3. The zero-order valence-electron chi connectivity index (χ0n) is 17.9. The van der Waals surface area contributed by atoms with Gasteiger partial charge in [0.1, 0.15) is 5.75 Å². The molecule has 6 heteroatoms. The number of benzene rings is 2. The summed E-state index contributed by atoms with van der Waals surface area (Å²) in [4.78, 5) is 17.7. The highest BCUT2D eigenvalue weighted by Gasteiger charge is 2.69. The number of hydrogen-bond acceptors (Lipinski definition) is 4. The van der Waals surface area contributed by atoms with E-state index in [-0.39, 0.29) is 23.2 Å². The highest BCUT2D eigenvalue weighted by molar-refractivity contribution is 6.30. The van der Waals surface area contributed by atoms with E-state index in [1.54, 1.807) is 18.2 Å². The maximum atomic E-state index is 13.0. The van der Waals surface area contributed by atoms with E-state index < -0.39 is 12.2 Å². The Morgan fingerprint density at radius 2 is 1.97 bits per heavy atom. The third-order valence-electron chi connectivity index (χ3n) is 7.54. The molecular formula is C26H25ClN2O3. The number of imidazole rings is 1. The summed E-state index contributed by atoms with van der Waals surface area (Å²) in [5.74, 6) is 0.645. The smallest absolute Gasteiger partial charge is 0.173 e. The summed E-state index contributed by atoms with van der Waals surface area (Å²) in [5.41, 5.74) is 4.19. The maximum absolute atomic E-state index is 13.0. The number of aryl methyl sites for hydroxylation is 1. The molecule has 0 unspecified atom stereocenters. The fourth-order valence-electron chi connectivity index (χ4n) is 5.95. The molecule has 2 aromatic carbocycles. The van der Waals surface area contributed by atoms with Gasteiger partial charge in [-0.15, -0.1) is 0 Å². The Kier molecular flexibility index (Phi) is 4.33. The molecule has 7 rings (SSSR count). The Morgan fingerprint density at radius 3 is 2.72 bits per heavy atom. The van der Waals surface area contributed by atoms with Crippen molar-refractivity contribution in [1.82, 2.24) is 9.55 Å². The molecule has 32 heavy (non-hydrogen) atoms. The van der Waals surface area contributed by atoms with E-state index in [4.69, 9.17) is 16.3 Å². The lowest BCUT2D eigenvalue weighted by atomic mass is 9.38. The molecule has 1 aliphatic heterocycles. The van der Waals surface area contributed by atoms with Gasteiger partial charge in [-0.1, -0.05) is 41.4 Å². The third kappa shape index (κ3) is 3.10. The summed E-state index contributed by atoms with van der Waals surface area (Å²) in [6.07, 6.45) is 6.54. The van der Waals surface area contributed by atoms with Crippen molar-refractivity contribution in [3.8, 4) is 17.0 Å². The Balaban J connectivity index is 1.10. The molecule has 5 nitrogen and oxygen atoms in total. The molecule has 2 bridgehead atoms. The average molecular weight is 449 g/mol. The van der Waals surface area contributed by atoms with Crippen molar-refractivity contribution < 1.29 is 14.6 Å². The predicted octanol–water partition coefficient (Wildman–Crippen LogP) is 5.24. The Bertz CT molecular complexity index is 1200. The quantitative estimate of drug-likeness (QED) is 0.580. The fourth-order valence-corrected chi connectivity index (χ4v) is 6.14. The minimum Gasteiger partial charge on any atom is -0.482 e. The van der Waals surface area contributed by atoms with Crippen LogP contribution < -0.4 is 4.74 Å². The van der Waals surface area contributed by atoms with Gasteiger partial charge in [-0.25, -0.2) is 4.98 Å². The molecule has 3 fully saturated rings. The van der Waals surface area contributed by atoms with E-state index in [2.05, 4.69) is 46.9 Å². The van der Waals surface area contributed by atoms with E-state index in [1.807, 2.05) is 6.33 Å². The van der Waals surface area contributed by atoms with Crippen molar-refractivity contribution >= 4 is 17.4 Å². The van der Waals surface area contributed by atoms with Crippen molar-refractivity contribution in [1.29, 1.82) is 0 Å². The van der Waals surface area contributed by atoms with Crippen molar-refractivity contribution in [2.24, 2.45) is 5.41 Å². The topological polar surface area (TPSA) is 64.4 Å². The summed E-state index contributed by atoms with van der Waals surface area (Å²) in [5, 5.41) is 11.0. The van der Waals surface area contributed by atoms with Crippen molar-refractivity contribution in [3.05, 3.63) is 71.1 Å². The second kappa shape index (κ2) is 6.93. The predicted molar refractivity (Wildman–Crippen MR) is 122 cm³/mol. The number of aliphatic hydroxyl groups excluding tert-OH is 1. The number of halogens is 1. The molecule has 0 amide bonds. The second-order valence-electron chi connectivity index (χ2n) is 9.97. The molecule has 3 aromatic rings. The molecule has 0 saturated heterocycles. The number of carbonyl (C=O) groups is 1. The number of fused-ring (bicyclic) bond motifs is 1. The van der Waals surface area contributed by atoms with Crippen LogP contribution in [0.3, 0.4) is 0 Å². The van der Waals surface area contributed by atoms with Crippen LogP contribution in [0.5, 0.6) is 5.75 Å². The normalized spacial score (nSPS) is 30.0. The standard InChI is InChI=1S/C26H25ClN2O3/c1-16-2-4-17(5-3-16)20-11-29(15-28-20)26-12-25(13-26,14-26)10-22(31)24-9-21(30)19-8-18(27)6-7-23(19)32-24/h2-8,11,15,21,24,30H,9-10,12-14H2,1H3/t21-,24-,25?,26?/m1/s1. The van der Waals surface area contributed by atoms with Crippen LogP contribution in [0.1, 0.15) is 49.3 Å². The summed E-state index contributed by atoms with van der Waals surface area (Å²) >= 11 is 6.03. The average Bonchev–Trinajstić information content (AvgIpc) is 3.20. The van der Waals surface area contributed by atoms with Crippen LogP contribution in [-0.2, 0) is 10.3 Å². The zero-order valence-corrected chi connectivity index (χ0v) is 18.7. The minimum atomic E-state index is -0.725. The molecule has 3 aliphatic carbocycles. The SMILES string of the molecule is Cc1ccc(-c2cn(C34CC(CC(=O)[C@H]5C[C@@H](O)c6cc(Cl)ccc6O5)(C3)C4)cn2)cc1. The number of nitrogens with zero attached hydrogens (tertiary/aromatic N) is 2. The van der Waals surface area contributed by atoms with Gasteiger partial charge >= 0.3 is 0 Å². The van der Waals surface area contributed by atoms with E-state index in [0.717, 1.165) is 30.5 Å². The van der Waals surface area contributed by atoms with Crippen LogP contribution >= 0.6 is 11.6 Å². The first-order valence-electron chi connectivity index (χ1n) is 11.1. The molecule has 0 spiro atoms. The molecule has 1 aromatic heterocycles. The minimum absolute atomic E-state index is 0.0694. The highest BCUT2D eigenvalue weighted by Crippen LogP contribution is 2.73. The Morgan fingerprint density at radius 1 is 1.22 bits per heavy atom. The van der Waals surface area contributed by atoms with Gasteiger partial charge in [-0.2, -0.15) is 0 Å². The van der Waals surface area contributed by atoms with E-state index in [9.17, 15) is 9.90 Å². The van der Waals surface area contributed by atoms with Gasteiger partial charge in [0, 0.05) is 40.7 Å². The molecule has 2 atom stereocenters. The lowest BCUT2D eigenvalue weighted by Crippen LogP contribution is -2.68. The summed E-state index contributed by atoms with van der Waals surface area (Å²) < 4.78 is 8.18. The Hall–Kier alpha value is -2.63. The summed E-state index contributed by atoms with van der Waals surface area (Å²) in [6, 6.07) is 13.6. The van der Waals surface area contributed by atoms with Crippen LogP contribution in [-0.4, -0.2) is 26.5 Å². The van der Waals surface area contributed by atoms with Crippen molar-refractivity contribution in [2.45, 2.75) is 56.8 Å². The molecule has 1 N–H and O–H groups in total. The molecule has 3 saturated carbocycles. The number of ketones is 1. The lowest BCUT2D eigenvalue weighted by molar-refractivity contribution is -0.195. The number of Topliss-reactive ketones (excluding diaryl/α,β-unsaturated/α-hetero) is 1. The van der Waals surface area contributed by atoms with Crippen LogP contribution in [0, 0.1) is 12.3 Å². The van der Waals surface area contributed by atoms with Gasteiger partial charge in [0.15, 0.2) is 11.9 Å². The second-order valence-corrected chi connectivity index (χ2v) is 10.4. The van der Waals surface area contributed by atoms with Gasteiger partial charge in [0.2, 0.25) is 0 Å². The maximum Gasteiger partial charge on any atom is 0.173 e. The Labute approximate surface area is 192 Å². The highest BCUT2D eigenvalue weighted by atomic mass is 35.5. The molecule has 2 heterocycles. The number of aliphatic hydroxyl groups is 1. The van der Waals surface area contributed by atoms with E-state index >= 15 is 0 Å². The molecular weight excluding hydrogens is 424 g/mol. The molecule has 0 radical (unpaired) electrons. The zero-order chi connectivity index (χ0) is 22.1. The van der Waals surface area contributed by atoms with E-state index in [1.165, 1.54) is 5.56 Å². The number of carbonyl (C=O) groups excluding carboxylic acids is 1. The first kappa shape index (κ1) is 20.0. The van der Waals surface area contributed by atoms with Gasteiger partial charge in [0.05, 0.1) is 18.1 Å². The van der Waals surface area contributed by atoms with Crippen LogP contribution in [0.25, 0.3) is 11.3 Å². The van der Waals surface area contributed by atoms with Crippen LogP contribution in [0.2, 0.25) is 5.02 Å². The lowest BCUT2D eigenvalue weighted by Gasteiger charge is -2.71. The van der Waals surface area contributed by atoms with Gasteiger partial charge in [0.25, 0.3) is 0 Å². The van der Waals surface area contributed by atoms with Crippen molar-refractivity contribution in [2.75, 3.05) is 0 Å². The molecule has 164 valence electrons. The summed E-state index contributed by atoms with van der Waals surface area (Å²) in [7, 11) is 0. The number of rotatable bonds is 5. The number of aromatic nitrogens is 2. The fraction of sp³-hybridized carbons (Fsp3) is 0.385. The first-order valence-corrected chi connectivity index (χ1v) is 11.5. The van der Waals surface area contributed by atoms with Crippen LogP contribution in [0.4, 0.5) is 0 Å². The monoisotopic (exact) mass is 448 g/mol. The molecule has 4 aliphatic rings. The largest absolute Gasteiger partial charge is 0.482 e. The third-order valence-corrected chi connectivity index (χ3v) is 7.77. The van der Waals surface area contributed by atoms with Crippen LogP contribution in [0.15, 0.2) is 55.0 Å². The van der Waals surface area contributed by atoms with E-state index in [0.29, 0.717) is 22.8 Å². The van der Waals surface area contributed by atoms with Gasteiger partial charge < -0.3 is 14.4 Å².